The number of piperidine rings is 1. The molecule has 1 N–H and O–H groups in total. The van der Waals surface area contributed by atoms with Crippen molar-refractivity contribution in [1.82, 2.24) is 15.2 Å². The first-order valence-electron chi connectivity index (χ1n) is 6.98. The average Bonchev–Trinajstić information content (AvgIpc) is 2.75. The van der Waals surface area contributed by atoms with Crippen molar-refractivity contribution in [3.8, 4) is 0 Å². The second kappa shape index (κ2) is 6.64. The maximum atomic E-state index is 4.50. The highest BCUT2D eigenvalue weighted by atomic mass is 32.1. The third kappa shape index (κ3) is 4.04. The summed E-state index contributed by atoms with van der Waals surface area (Å²) in [7, 11) is 2.23. The normalized spacial score (nSPS) is 23.2. The van der Waals surface area contributed by atoms with Gasteiger partial charge in [0.1, 0.15) is 0 Å². The number of aryl methyl sites for hydroxylation is 1. The third-order valence-corrected chi connectivity index (χ3v) is 4.87. The van der Waals surface area contributed by atoms with E-state index in [1.807, 2.05) is 0 Å². The number of likely N-dealkylation sites (tertiary alicyclic amines) is 1. The minimum Gasteiger partial charge on any atom is -0.314 e. The Balaban J connectivity index is 1.69. The Morgan fingerprint density at radius 2 is 2.44 bits per heavy atom. The summed E-state index contributed by atoms with van der Waals surface area (Å²) < 4.78 is 0. The summed E-state index contributed by atoms with van der Waals surface area (Å²) in [5.41, 5.74) is 1.15. The summed E-state index contributed by atoms with van der Waals surface area (Å²) in [5, 5.41) is 7.06. The van der Waals surface area contributed by atoms with E-state index < -0.39 is 0 Å². The van der Waals surface area contributed by atoms with E-state index in [9.17, 15) is 0 Å². The molecule has 0 amide bonds. The van der Waals surface area contributed by atoms with Crippen LogP contribution in [0.1, 0.15) is 30.5 Å². The lowest BCUT2D eigenvalue weighted by Gasteiger charge is -2.34. The minimum absolute atomic E-state index is 0.619. The van der Waals surface area contributed by atoms with Gasteiger partial charge < -0.3 is 10.2 Å². The third-order valence-electron chi connectivity index (χ3n) is 3.84. The van der Waals surface area contributed by atoms with Gasteiger partial charge in [0.15, 0.2) is 0 Å². The molecule has 0 bridgehead atoms. The van der Waals surface area contributed by atoms with Crippen LogP contribution in [0.3, 0.4) is 0 Å². The monoisotopic (exact) mass is 267 g/mol. The molecule has 0 saturated carbocycles. The van der Waals surface area contributed by atoms with Crippen LogP contribution in [0.15, 0.2) is 5.38 Å². The number of hydrogen-bond acceptors (Lipinski definition) is 4. The van der Waals surface area contributed by atoms with Crippen LogP contribution in [0.25, 0.3) is 0 Å². The molecule has 2 unspecified atom stereocenters. The molecule has 1 saturated heterocycles. The molecule has 2 rings (SSSR count). The van der Waals surface area contributed by atoms with Gasteiger partial charge in [-0.05, 0) is 46.2 Å². The molecule has 1 aromatic rings. The maximum Gasteiger partial charge on any atom is 0.0940 e. The average molecular weight is 267 g/mol. The number of aromatic nitrogens is 1. The lowest BCUT2D eigenvalue weighted by atomic mass is 9.92. The first-order chi connectivity index (χ1) is 8.65. The van der Waals surface area contributed by atoms with Crippen molar-refractivity contribution in [3.05, 3.63) is 16.1 Å². The van der Waals surface area contributed by atoms with Gasteiger partial charge in [-0.1, -0.05) is 0 Å². The molecule has 2 atom stereocenters. The van der Waals surface area contributed by atoms with Crippen LogP contribution in [0.5, 0.6) is 0 Å². The molecule has 0 aromatic carbocycles. The largest absolute Gasteiger partial charge is 0.314 e. The fourth-order valence-electron chi connectivity index (χ4n) is 2.71. The zero-order chi connectivity index (χ0) is 13.0. The van der Waals surface area contributed by atoms with E-state index in [1.54, 1.807) is 11.3 Å². The van der Waals surface area contributed by atoms with Crippen LogP contribution in [0, 0.1) is 12.8 Å². The summed E-state index contributed by atoms with van der Waals surface area (Å²) in [5.74, 6) is 0.807. The molecular formula is C14H25N3S. The fraction of sp³-hybridized carbons (Fsp3) is 0.786. The van der Waals surface area contributed by atoms with Crippen molar-refractivity contribution in [3.63, 3.8) is 0 Å². The lowest BCUT2D eigenvalue weighted by Crippen LogP contribution is -2.43. The van der Waals surface area contributed by atoms with Crippen LogP contribution in [0.2, 0.25) is 0 Å². The zero-order valence-electron chi connectivity index (χ0n) is 11.8. The second-order valence-corrected chi connectivity index (χ2v) is 6.48. The summed E-state index contributed by atoms with van der Waals surface area (Å²) in [6, 6.07) is 0.619. The number of hydrogen-bond donors (Lipinski definition) is 1. The first kappa shape index (κ1) is 14.0. The zero-order valence-corrected chi connectivity index (χ0v) is 12.6. The van der Waals surface area contributed by atoms with Crippen molar-refractivity contribution in [2.75, 3.05) is 26.7 Å². The van der Waals surface area contributed by atoms with Crippen LogP contribution in [0.4, 0.5) is 0 Å². The summed E-state index contributed by atoms with van der Waals surface area (Å²) in [6.07, 6.45) is 3.78. The van der Waals surface area contributed by atoms with E-state index in [1.165, 1.54) is 30.9 Å². The van der Waals surface area contributed by atoms with Gasteiger partial charge in [0, 0.05) is 36.6 Å². The number of thiazole rings is 1. The highest BCUT2D eigenvalue weighted by Gasteiger charge is 2.22. The van der Waals surface area contributed by atoms with E-state index >= 15 is 0 Å². The van der Waals surface area contributed by atoms with E-state index in [4.69, 9.17) is 0 Å². The predicted octanol–water partition coefficient (Wildman–Crippen LogP) is 2.31. The van der Waals surface area contributed by atoms with Gasteiger partial charge in [0.05, 0.1) is 5.01 Å². The topological polar surface area (TPSA) is 28.2 Å². The molecule has 0 radical (unpaired) electrons. The standard InChI is InChI=1S/C14H25N3S/c1-11-10-18-14(16-11)6-7-15-12(2)13-5-4-8-17(3)9-13/h10,12-13,15H,4-9H2,1-3H3. The van der Waals surface area contributed by atoms with Crippen molar-refractivity contribution in [2.24, 2.45) is 5.92 Å². The quantitative estimate of drug-likeness (QED) is 0.887. The number of rotatable bonds is 5. The Morgan fingerprint density at radius 3 is 3.11 bits per heavy atom. The van der Waals surface area contributed by atoms with Gasteiger partial charge in [-0.3, -0.25) is 0 Å². The fourth-order valence-corrected chi connectivity index (χ4v) is 3.48. The molecule has 4 heteroatoms. The second-order valence-electron chi connectivity index (χ2n) is 5.54. The Bertz CT molecular complexity index is 364. The predicted molar refractivity (Wildman–Crippen MR) is 78.2 cm³/mol. The molecule has 1 aliphatic rings. The summed E-state index contributed by atoms with van der Waals surface area (Å²) in [6.45, 7) is 7.95. The van der Waals surface area contributed by atoms with Crippen molar-refractivity contribution in [1.29, 1.82) is 0 Å². The van der Waals surface area contributed by atoms with Gasteiger partial charge in [0.2, 0.25) is 0 Å². The van der Waals surface area contributed by atoms with E-state index in [0.29, 0.717) is 6.04 Å². The molecule has 102 valence electrons. The molecule has 1 fully saturated rings. The van der Waals surface area contributed by atoms with E-state index in [-0.39, 0.29) is 0 Å². The Hall–Kier alpha value is -0.450. The molecule has 1 aliphatic heterocycles. The smallest absolute Gasteiger partial charge is 0.0940 e. The van der Waals surface area contributed by atoms with E-state index in [2.05, 4.69) is 41.5 Å². The first-order valence-corrected chi connectivity index (χ1v) is 7.86. The van der Waals surface area contributed by atoms with Gasteiger partial charge in [0.25, 0.3) is 0 Å². The molecule has 0 aliphatic carbocycles. The molecule has 18 heavy (non-hydrogen) atoms. The molecule has 0 spiro atoms. The minimum atomic E-state index is 0.619. The Labute approximate surface area is 115 Å². The Kier molecular flexibility index (Phi) is 5.15. The van der Waals surface area contributed by atoms with Crippen LogP contribution >= 0.6 is 11.3 Å². The lowest BCUT2D eigenvalue weighted by molar-refractivity contribution is 0.179. The molecule has 3 nitrogen and oxygen atoms in total. The highest BCUT2D eigenvalue weighted by Crippen LogP contribution is 2.18. The number of nitrogens with one attached hydrogen (secondary N) is 1. The summed E-state index contributed by atoms with van der Waals surface area (Å²) >= 11 is 1.78. The van der Waals surface area contributed by atoms with Gasteiger partial charge in [-0.25, -0.2) is 4.98 Å². The Morgan fingerprint density at radius 1 is 1.61 bits per heavy atom. The maximum absolute atomic E-state index is 4.50. The van der Waals surface area contributed by atoms with Gasteiger partial charge in [-0.15, -0.1) is 11.3 Å². The highest BCUT2D eigenvalue weighted by molar-refractivity contribution is 7.09. The van der Waals surface area contributed by atoms with Gasteiger partial charge in [-0.2, -0.15) is 0 Å². The van der Waals surface area contributed by atoms with Crippen LogP contribution in [-0.2, 0) is 6.42 Å². The van der Waals surface area contributed by atoms with Crippen molar-refractivity contribution in [2.45, 2.75) is 39.2 Å². The van der Waals surface area contributed by atoms with Crippen molar-refractivity contribution < 1.29 is 0 Å². The number of nitrogens with zero attached hydrogens (tertiary/aromatic N) is 2. The van der Waals surface area contributed by atoms with Gasteiger partial charge >= 0.3 is 0 Å². The molecule has 1 aromatic heterocycles. The molecular weight excluding hydrogens is 242 g/mol. The summed E-state index contributed by atoms with van der Waals surface area (Å²) in [4.78, 5) is 6.96. The van der Waals surface area contributed by atoms with E-state index in [0.717, 1.165) is 24.6 Å². The van der Waals surface area contributed by atoms with Crippen LogP contribution < -0.4 is 5.32 Å². The SMILES string of the molecule is Cc1csc(CCNC(C)C2CCCN(C)C2)n1. The van der Waals surface area contributed by atoms with Crippen LogP contribution in [-0.4, -0.2) is 42.6 Å². The molecule has 2 heterocycles. The van der Waals surface area contributed by atoms with Crippen molar-refractivity contribution >= 4 is 11.3 Å².